The highest BCUT2D eigenvalue weighted by Crippen LogP contribution is 2.49. The normalized spacial score (nSPS) is 19.2. The maximum Gasteiger partial charge on any atom is 0.335 e. The summed E-state index contributed by atoms with van der Waals surface area (Å²) in [5.41, 5.74) is 5.51. The van der Waals surface area contributed by atoms with Crippen LogP contribution < -0.4 is 4.90 Å². The van der Waals surface area contributed by atoms with Crippen LogP contribution in [0.4, 0.5) is 11.4 Å². The summed E-state index contributed by atoms with van der Waals surface area (Å²) in [6.45, 7) is 8.33. The van der Waals surface area contributed by atoms with Crippen LogP contribution in [0.25, 0.3) is 5.57 Å². The third-order valence-corrected chi connectivity index (χ3v) is 13.4. The second-order valence-corrected chi connectivity index (χ2v) is 19.1. The Morgan fingerprint density at radius 3 is 2.05 bits per heavy atom. The number of carboxylic acids is 4. The molecule has 0 saturated heterocycles. The quantitative estimate of drug-likeness (QED) is 0.0177. The number of carbonyl (C=O) groups is 4. The molecule has 0 bridgehead atoms. The molecule has 0 aromatic heterocycles. The van der Waals surface area contributed by atoms with Crippen molar-refractivity contribution in [2.45, 2.75) is 64.2 Å². The van der Waals surface area contributed by atoms with Crippen LogP contribution in [0.5, 0.6) is 0 Å². The van der Waals surface area contributed by atoms with Gasteiger partial charge in [0.1, 0.15) is 6.54 Å². The van der Waals surface area contributed by atoms with Crippen LogP contribution in [0.2, 0.25) is 0 Å². The summed E-state index contributed by atoms with van der Waals surface area (Å²) in [4.78, 5) is 50.8. The summed E-state index contributed by atoms with van der Waals surface area (Å²) in [5, 5.41) is 52.3. The van der Waals surface area contributed by atoms with E-state index < -0.39 is 56.5 Å². The fourth-order valence-electron chi connectivity index (χ4n) is 8.84. The fraction of sp³-hybridized carbons (Fsp3) is 0.326. The minimum atomic E-state index is -4.29. The van der Waals surface area contributed by atoms with E-state index in [2.05, 4.69) is 13.9 Å². The van der Waals surface area contributed by atoms with Gasteiger partial charge in [0.05, 0.1) is 33.8 Å². The van der Waals surface area contributed by atoms with Gasteiger partial charge in [0.2, 0.25) is 5.69 Å². The van der Waals surface area contributed by atoms with Gasteiger partial charge < -0.3 is 25.3 Å². The highest BCUT2D eigenvalue weighted by atomic mass is 32.2. The van der Waals surface area contributed by atoms with E-state index in [-0.39, 0.29) is 42.5 Å². The Morgan fingerprint density at radius 2 is 1.44 bits per heavy atom. The second kappa shape index (κ2) is 19.1. The van der Waals surface area contributed by atoms with Crippen molar-refractivity contribution >= 4 is 68.7 Å². The average Bonchev–Trinajstić information content (AvgIpc) is 3.58. The van der Waals surface area contributed by atoms with Crippen molar-refractivity contribution in [2.24, 2.45) is 5.92 Å². The third kappa shape index (κ3) is 10.1. The SMILES string of the molecule is CC1(C)C(/C=C/C2=C(c3ccc(C(=O)O)cc3)C(=C/C=C3/N(CCCS(=O)(=O)O)c4ccc(C(=O)O)cc4C3(C)C)/CC(C(=O)O)C2)=[N+](CCCSOOO)c2ccc(C(=O)O)cc21. The first-order valence-electron chi connectivity index (χ1n) is 20.3. The maximum atomic E-state index is 12.9. The molecule has 6 N–H and O–H groups in total. The summed E-state index contributed by atoms with van der Waals surface area (Å²) in [6, 6.07) is 15.9. The Balaban J connectivity index is 1.54. The number of aromatic carboxylic acids is 3. The van der Waals surface area contributed by atoms with Gasteiger partial charge >= 0.3 is 23.9 Å². The minimum absolute atomic E-state index is 0.0391. The van der Waals surface area contributed by atoms with E-state index in [0.717, 1.165) is 29.0 Å². The Labute approximate surface area is 374 Å². The number of anilines is 1. The molecule has 0 amide bonds. The summed E-state index contributed by atoms with van der Waals surface area (Å²) in [5.74, 6) is -5.34. The van der Waals surface area contributed by atoms with E-state index >= 15 is 0 Å². The zero-order valence-electron chi connectivity index (χ0n) is 35.5. The molecule has 2 aliphatic heterocycles. The molecule has 1 atom stereocenters. The highest BCUT2D eigenvalue weighted by Gasteiger charge is 2.45. The molecule has 1 unspecified atom stereocenters. The van der Waals surface area contributed by atoms with Crippen molar-refractivity contribution in [2.75, 3.05) is 29.5 Å². The van der Waals surface area contributed by atoms with Crippen LogP contribution in [0.1, 0.15) is 101 Å². The van der Waals surface area contributed by atoms with Crippen molar-refractivity contribution < 1.29 is 71.8 Å². The maximum absolute atomic E-state index is 12.9. The van der Waals surface area contributed by atoms with Crippen LogP contribution >= 0.6 is 12.0 Å². The first kappa shape index (κ1) is 47.6. The lowest BCUT2D eigenvalue weighted by atomic mass is 9.76. The van der Waals surface area contributed by atoms with E-state index in [9.17, 15) is 52.6 Å². The third-order valence-electron chi connectivity index (χ3n) is 12.0. The predicted molar refractivity (Wildman–Crippen MR) is 239 cm³/mol. The van der Waals surface area contributed by atoms with E-state index in [0.29, 0.717) is 57.9 Å². The lowest BCUT2D eigenvalue weighted by Gasteiger charge is -2.29. The standard InChI is InChI=1S/C46H48N2O14S2/c1-45(2)34-25-31(42(51)52)11-15-36(34)47(19-5-21-63-62-61-57)38(45)17-13-29-23-33(44(55)56)24-30(40(29)27-7-9-28(10-8-27)41(49)50)14-18-39-46(3,4)35-26-32(43(53)54)12-16-37(35)48(39)20-6-22-64(58,59)60/h7-18,25-26,33H,5-6,19-24H2,1-4H3,(H5-,49,50,51,52,53,54,55,56,57,58,59,60)/p+1. The topological polar surface area (TPSA) is 249 Å². The monoisotopic (exact) mass is 917 g/mol. The van der Waals surface area contributed by atoms with Gasteiger partial charge in [-0.25, -0.2) is 19.6 Å². The molecular formula is C46H49N2O14S2+. The number of allylic oxidation sites excluding steroid dienone is 8. The average molecular weight is 918 g/mol. The van der Waals surface area contributed by atoms with Gasteiger partial charge in [-0.2, -0.15) is 13.0 Å². The van der Waals surface area contributed by atoms with Crippen molar-refractivity contribution in [3.63, 3.8) is 0 Å². The Kier molecular flexibility index (Phi) is 14.2. The highest BCUT2D eigenvalue weighted by molar-refractivity contribution is 7.94. The van der Waals surface area contributed by atoms with Crippen molar-refractivity contribution in [3.05, 3.63) is 135 Å². The number of fused-ring (bicyclic) bond motifs is 2. The zero-order valence-corrected chi connectivity index (χ0v) is 37.1. The molecule has 1 aliphatic carbocycles. The van der Waals surface area contributed by atoms with Gasteiger partial charge in [-0.1, -0.05) is 43.2 Å². The second-order valence-electron chi connectivity index (χ2n) is 16.8. The van der Waals surface area contributed by atoms with Gasteiger partial charge in [0, 0.05) is 65.3 Å². The van der Waals surface area contributed by atoms with Crippen LogP contribution in [-0.2, 0) is 35.1 Å². The number of nitrogens with zero attached hydrogens (tertiary/aromatic N) is 2. The largest absolute Gasteiger partial charge is 0.481 e. The number of hydrogen-bond donors (Lipinski definition) is 6. The fourth-order valence-corrected chi connectivity index (χ4v) is 9.69. The molecule has 3 aromatic rings. The van der Waals surface area contributed by atoms with Crippen LogP contribution in [0, 0.1) is 5.92 Å². The molecule has 3 aromatic carbocycles. The number of hydrogen-bond acceptors (Lipinski definition) is 11. The molecule has 18 heteroatoms. The first-order chi connectivity index (χ1) is 30.1. The van der Waals surface area contributed by atoms with Crippen LogP contribution in [-0.4, -0.2) is 97.4 Å². The van der Waals surface area contributed by atoms with Gasteiger partial charge in [-0.05, 0) is 109 Å². The summed E-state index contributed by atoms with van der Waals surface area (Å²) in [7, 11) is -4.29. The number of aliphatic carboxylic acids is 1. The molecule has 0 saturated carbocycles. The lowest BCUT2D eigenvalue weighted by molar-refractivity contribution is -0.438. The number of benzene rings is 3. The molecular weight excluding hydrogens is 869 g/mol. The van der Waals surface area contributed by atoms with Gasteiger partial charge in [-0.15, -0.1) is 4.33 Å². The van der Waals surface area contributed by atoms with E-state index in [4.69, 9.17) is 5.26 Å². The molecule has 0 spiro atoms. The summed E-state index contributed by atoms with van der Waals surface area (Å²) < 4.78 is 39.6. The van der Waals surface area contributed by atoms with Crippen molar-refractivity contribution in [1.82, 2.24) is 0 Å². The Hall–Kier alpha value is -5.89. The summed E-state index contributed by atoms with van der Waals surface area (Å²) >= 11 is 0.906. The van der Waals surface area contributed by atoms with Crippen LogP contribution in [0.3, 0.4) is 0 Å². The van der Waals surface area contributed by atoms with E-state index in [1.807, 2.05) is 50.8 Å². The molecule has 64 heavy (non-hydrogen) atoms. The number of rotatable bonds is 18. The molecule has 0 radical (unpaired) electrons. The predicted octanol–water partition coefficient (Wildman–Crippen LogP) is 8.01. The van der Waals surface area contributed by atoms with Gasteiger partial charge in [0.15, 0.2) is 5.71 Å². The van der Waals surface area contributed by atoms with E-state index in [1.54, 1.807) is 42.5 Å². The van der Waals surface area contributed by atoms with Crippen LogP contribution in [0.15, 0.2) is 102 Å². The Bertz CT molecular complexity index is 2660. The molecule has 3 aliphatic rings. The zero-order chi connectivity index (χ0) is 46.7. The molecule has 0 fully saturated rings. The van der Waals surface area contributed by atoms with E-state index in [1.165, 1.54) is 24.3 Å². The van der Waals surface area contributed by atoms with Crippen molar-refractivity contribution in [3.8, 4) is 0 Å². The lowest BCUT2D eigenvalue weighted by Crippen LogP contribution is -2.28. The van der Waals surface area contributed by atoms with Gasteiger partial charge in [-0.3, -0.25) is 9.35 Å². The number of carboxylic acid groups (broad SMARTS) is 4. The Morgan fingerprint density at radius 1 is 0.812 bits per heavy atom. The van der Waals surface area contributed by atoms with Gasteiger partial charge in [0.25, 0.3) is 10.1 Å². The summed E-state index contributed by atoms with van der Waals surface area (Å²) in [6.07, 6.45) is 8.15. The molecule has 16 nitrogen and oxygen atoms in total. The molecule has 338 valence electrons. The minimum Gasteiger partial charge on any atom is -0.481 e. The smallest absolute Gasteiger partial charge is 0.335 e. The first-order valence-corrected chi connectivity index (χ1v) is 22.8. The van der Waals surface area contributed by atoms with Crippen molar-refractivity contribution in [1.29, 1.82) is 0 Å². The molecule has 6 rings (SSSR count). The molecule has 2 heterocycles.